The molecule has 1 N–H and O–H groups in total. The standard InChI is InChI=1S/C13H12O3/c1-9(10-5-3-2-4-6-10)12-11(14)7-8-16-13(12)15/h2-9,14H,1H3. The molecule has 1 aromatic carbocycles. The highest BCUT2D eigenvalue weighted by molar-refractivity contribution is 5.37. The molecule has 0 radical (unpaired) electrons. The summed E-state index contributed by atoms with van der Waals surface area (Å²) >= 11 is 0. The molecule has 0 aliphatic carbocycles. The zero-order valence-electron chi connectivity index (χ0n) is 8.88. The molecule has 3 nitrogen and oxygen atoms in total. The van der Waals surface area contributed by atoms with Gasteiger partial charge in [0, 0.05) is 12.0 Å². The summed E-state index contributed by atoms with van der Waals surface area (Å²) in [6.45, 7) is 1.86. The van der Waals surface area contributed by atoms with Crippen LogP contribution >= 0.6 is 0 Å². The van der Waals surface area contributed by atoms with Crippen molar-refractivity contribution in [1.29, 1.82) is 0 Å². The van der Waals surface area contributed by atoms with Crippen molar-refractivity contribution >= 4 is 0 Å². The van der Waals surface area contributed by atoms with E-state index in [0.717, 1.165) is 5.56 Å². The number of hydrogen-bond donors (Lipinski definition) is 1. The van der Waals surface area contributed by atoms with Crippen molar-refractivity contribution in [2.24, 2.45) is 0 Å². The molecule has 1 unspecified atom stereocenters. The fraction of sp³-hybridized carbons (Fsp3) is 0.154. The van der Waals surface area contributed by atoms with E-state index in [1.165, 1.54) is 12.3 Å². The number of benzene rings is 1. The molecule has 0 fully saturated rings. The van der Waals surface area contributed by atoms with Crippen LogP contribution in [-0.2, 0) is 0 Å². The SMILES string of the molecule is CC(c1ccccc1)c1c(O)ccoc1=O. The smallest absolute Gasteiger partial charge is 0.343 e. The van der Waals surface area contributed by atoms with E-state index < -0.39 is 5.63 Å². The van der Waals surface area contributed by atoms with Crippen molar-refractivity contribution < 1.29 is 9.52 Å². The third-order valence-electron chi connectivity index (χ3n) is 2.63. The van der Waals surface area contributed by atoms with Gasteiger partial charge in [-0.3, -0.25) is 0 Å². The first-order chi connectivity index (χ1) is 7.70. The first-order valence-electron chi connectivity index (χ1n) is 5.05. The fourth-order valence-electron chi connectivity index (χ4n) is 1.73. The largest absolute Gasteiger partial charge is 0.507 e. The Morgan fingerprint density at radius 1 is 1.19 bits per heavy atom. The summed E-state index contributed by atoms with van der Waals surface area (Å²) in [6.07, 6.45) is 1.19. The second-order valence-corrected chi connectivity index (χ2v) is 3.64. The minimum absolute atomic E-state index is 0.0207. The van der Waals surface area contributed by atoms with Gasteiger partial charge in [-0.1, -0.05) is 37.3 Å². The molecule has 0 saturated carbocycles. The molecule has 1 atom stereocenters. The molecule has 0 aliphatic heterocycles. The maximum atomic E-state index is 11.5. The minimum atomic E-state index is -0.489. The van der Waals surface area contributed by atoms with E-state index in [4.69, 9.17) is 4.42 Å². The van der Waals surface area contributed by atoms with Gasteiger partial charge in [0.1, 0.15) is 5.75 Å². The Kier molecular flexibility index (Phi) is 2.77. The Hall–Kier alpha value is -2.03. The average molecular weight is 216 g/mol. The molecule has 2 rings (SSSR count). The summed E-state index contributed by atoms with van der Waals surface area (Å²) in [4.78, 5) is 11.5. The molecule has 16 heavy (non-hydrogen) atoms. The van der Waals surface area contributed by atoms with Gasteiger partial charge in [0.15, 0.2) is 0 Å². The van der Waals surface area contributed by atoms with E-state index in [1.807, 2.05) is 37.3 Å². The Labute approximate surface area is 93.0 Å². The third kappa shape index (κ3) is 1.84. The molecule has 0 spiro atoms. The average Bonchev–Trinajstić information content (AvgIpc) is 2.30. The van der Waals surface area contributed by atoms with E-state index in [9.17, 15) is 9.90 Å². The van der Waals surface area contributed by atoms with Crippen LogP contribution in [0.3, 0.4) is 0 Å². The van der Waals surface area contributed by atoms with Gasteiger partial charge in [0.25, 0.3) is 0 Å². The van der Waals surface area contributed by atoms with Crippen molar-refractivity contribution in [1.82, 2.24) is 0 Å². The van der Waals surface area contributed by atoms with Gasteiger partial charge < -0.3 is 9.52 Å². The highest BCUT2D eigenvalue weighted by Gasteiger charge is 2.17. The maximum absolute atomic E-state index is 11.5. The van der Waals surface area contributed by atoms with Gasteiger partial charge in [0.05, 0.1) is 11.8 Å². The van der Waals surface area contributed by atoms with Crippen LogP contribution in [0.25, 0.3) is 0 Å². The summed E-state index contributed by atoms with van der Waals surface area (Å²) in [5.74, 6) is -0.203. The van der Waals surface area contributed by atoms with Crippen LogP contribution in [0, 0.1) is 0 Å². The molecule has 1 heterocycles. The topological polar surface area (TPSA) is 50.4 Å². The molecule has 1 aromatic heterocycles. The summed E-state index contributed by atoms with van der Waals surface area (Å²) in [7, 11) is 0. The van der Waals surface area contributed by atoms with Gasteiger partial charge in [0.2, 0.25) is 0 Å². The number of rotatable bonds is 2. The molecular weight excluding hydrogens is 204 g/mol. The zero-order valence-corrected chi connectivity index (χ0v) is 8.88. The lowest BCUT2D eigenvalue weighted by Crippen LogP contribution is -2.11. The summed E-state index contributed by atoms with van der Waals surface area (Å²) in [6, 6.07) is 10.9. The Morgan fingerprint density at radius 3 is 2.50 bits per heavy atom. The molecule has 82 valence electrons. The van der Waals surface area contributed by atoms with Crippen LogP contribution in [0.1, 0.15) is 24.0 Å². The van der Waals surface area contributed by atoms with Gasteiger partial charge in [-0.05, 0) is 5.56 Å². The first kappa shape index (κ1) is 10.5. The monoisotopic (exact) mass is 216 g/mol. The zero-order chi connectivity index (χ0) is 11.5. The molecule has 0 amide bonds. The van der Waals surface area contributed by atoms with Crippen LogP contribution in [0.5, 0.6) is 5.75 Å². The second-order valence-electron chi connectivity index (χ2n) is 3.64. The summed E-state index contributed by atoms with van der Waals surface area (Å²) < 4.78 is 4.77. The number of aromatic hydroxyl groups is 1. The second kappa shape index (κ2) is 4.23. The van der Waals surface area contributed by atoms with Crippen LogP contribution in [0.4, 0.5) is 0 Å². The molecule has 0 bridgehead atoms. The lowest BCUT2D eigenvalue weighted by atomic mass is 9.94. The lowest BCUT2D eigenvalue weighted by Gasteiger charge is -2.11. The molecule has 0 saturated heterocycles. The summed E-state index contributed by atoms with van der Waals surface area (Å²) in [5.41, 5.74) is 0.779. The molecule has 2 aromatic rings. The molecule has 0 aliphatic rings. The normalized spacial score (nSPS) is 12.3. The summed E-state index contributed by atoms with van der Waals surface area (Å²) in [5, 5.41) is 9.66. The Bertz CT molecular complexity index is 528. The maximum Gasteiger partial charge on any atom is 0.343 e. The van der Waals surface area contributed by atoms with E-state index >= 15 is 0 Å². The van der Waals surface area contributed by atoms with E-state index in [-0.39, 0.29) is 11.7 Å². The Morgan fingerprint density at radius 2 is 1.88 bits per heavy atom. The van der Waals surface area contributed by atoms with Gasteiger partial charge in [-0.2, -0.15) is 0 Å². The molecular formula is C13H12O3. The van der Waals surface area contributed by atoms with E-state index in [1.54, 1.807) is 0 Å². The molecule has 3 heteroatoms. The fourth-order valence-corrected chi connectivity index (χ4v) is 1.73. The predicted octanol–water partition coefficient (Wildman–Crippen LogP) is 2.50. The quantitative estimate of drug-likeness (QED) is 0.839. The van der Waals surface area contributed by atoms with Gasteiger partial charge in [-0.15, -0.1) is 0 Å². The van der Waals surface area contributed by atoms with Gasteiger partial charge >= 0.3 is 5.63 Å². The van der Waals surface area contributed by atoms with Crippen LogP contribution in [0.15, 0.2) is 51.9 Å². The van der Waals surface area contributed by atoms with Crippen LogP contribution in [0.2, 0.25) is 0 Å². The number of hydrogen-bond acceptors (Lipinski definition) is 3. The minimum Gasteiger partial charge on any atom is -0.507 e. The highest BCUT2D eigenvalue weighted by atomic mass is 16.4. The van der Waals surface area contributed by atoms with Crippen molar-refractivity contribution in [2.45, 2.75) is 12.8 Å². The highest BCUT2D eigenvalue weighted by Crippen LogP contribution is 2.27. The van der Waals surface area contributed by atoms with E-state index in [2.05, 4.69) is 0 Å². The van der Waals surface area contributed by atoms with Crippen molar-refractivity contribution in [3.8, 4) is 5.75 Å². The lowest BCUT2D eigenvalue weighted by molar-refractivity contribution is 0.432. The Balaban J connectivity index is 2.50. The van der Waals surface area contributed by atoms with E-state index in [0.29, 0.717) is 5.56 Å². The predicted molar refractivity (Wildman–Crippen MR) is 60.6 cm³/mol. The van der Waals surface area contributed by atoms with Gasteiger partial charge in [-0.25, -0.2) is 4.79 Å². The van der Waals surface area contributed by atoms with Crippen LogP contribution in [-0.4, -0.2) is 5.11 Å². The van der Waals surface area contributed by atoms with Crippen molar-refractivity contribution in [3.05, 3.63) is 64.2 Å². The van der Waals surface area contributed by atoms with Crippen molar-refractivity contribution in [2.75, 3.05) is 0 Å². The third-order valence-corrected chi connectivity index (χ3v) is 2.63. The van der Waals surface area contributed by atoms with Crippen LogP contribution < -0.4 is 5.63 Å². The van der Waals surface area contributed by atoms with Crippen molar-refractivity contribution in [3.63, 3.8) is 0 Å². The first-order valence-corrected chi connectivity index (χ1v) is 5.05.